The van der Waals surface area contributed by atoms with Crippen molar-refractivity contribution in [2.45, 2.75) is 6.92 Å². The third kappa shape index (κ3) is 4.85. The van der Waals surface area contributed by atoms with Crippen molar-refractivity contribution in [2.24, 2.45) is 5.73 Å². The Bertz CT molecular complexity index is 2370. The Hall–Kier alpha value is -5.93. The van der Waals surface area contributed by atoms with E-state index in [1.807, 2.05) is 25.1 Å². The third-order valence-electron chi connectivity index (χ3n) is 8.52. The average molecular weight is 580 g/mol. The van der Waals surface area contributed by atoms with Gasteiger partial charge in [0.2, 0.25) is 0 Å². The largest absolute Gasteiger partial charge is 0.404 e. The summed E-state index contributed by atoms with van der Waals surface area (Å²) in [6, 6.07) is 41.1. The second-order valence-corrected chi connectivity index (χ2v) is 11.2. The molecule has 0 aliphatic carbocycles. The smallest absolute Gasteiger partial charge is 0.0619 e. The molecule has 3 N–H and O–H groups in total. The first-order valence-corrected chi connectivity index (χ1v) is 15.1. The predicted molar refractivity (Wildman–Crippen MR) is 194 cm³/mol. The Morgan fingerprint density at radius 2 is 1.47 bits per heavy atom. The standard InChI is InChI=1S/C42H33N3/c1-3-5-16-39(44)33-14-8-13-29(25-33)30-18-21-36-32(24-30)20-23-38-37-22-19-31(34(27-43)10-4-2)26-41(37)45(42(36)38)40-17-9-12-28-11-6-7-15-35(28)40/h3-27,44H,1,43H2,2H3/b10-4-,16-5-,34-27+,44-39?. The highest BCUT2D eigenvalue weighted by Gasteiger charge is 2.18. The summed E-state index contributed by atoms with van der Waals surface area (Å²) in [6.07, 6.45) is 11.0. The van der Waals surface area contributed by atoms with Crippen LogP contribution in [0.15, 0.2) is 158 Å². The molecule has 0 bridgehead atoms. The number of fused-ring (bicyclic) bond motifs is 6. The van der Waals surface area contributed by atoms with Crippen molar-refractivity contribution < 1.29 is 0 Å². The van der Waals surface area contributed by atoms with E-state index in [0.717, 1.165) is 44.4 Å². The Morgan fingerprint density at radius 1 is 0.689 bits per heavy atom. The molecule has 0 saturated carbocycles. The van der Waals surface area contributed by atoms with Gasteiger partial charge in [0.1, 0.15) is 0 Å². The van der Waals surface area contributed by atoms with Crippen molar-refractivity contribution >= 4 is 54.6 Å². The first-order valence-electron chi connectivity index (χ1n) is 15.1. The van der Waals surface area contributed by atoms with Crippen molar-refractivity contribution in [1.82, 2.24) is 4.57 Å². The Balaban J connectivity index is 1.51. The molecular weight excluding hydrogens is 546 g/mol. The fraction of sp³-hybridized carbons (Fsp3) is 0.0238. The molecule has 1 aromatic heterocycles. The zero-order valence-electron chi connectivity index (χ0n) is 25.2. The second kappa shape index (κ2) is 11.6. The zero-order valence-corrected chi connectivity index (χ0v) is 25.2. The van der Waals surface area contributed by atoms with Gasteiger partial charge in [-0.15, -0.1) is 0 Å². The van der Waals surface area contributed by atoms with Crippen LogP contribution < -0.4 is 5.73 Å². The van der Waals surface area contributed by atoms with E-state index >= 15 is 0 Å². The summed E-state index contributed by atoms with van der Waals surface area (Å²) in [7, 11) is 0. The lowest BCUT2D eigenvalue weighted by atomic mass is 9.97. The van der Waals surface area contributed by atoms with E-state index in [-0.39, 0.29) is 0 Å². The Kier molecular flexibility index (Phi) is 7.20. The summed E-state index contributed by atoms with van der Waals surface area (Å²) in [5.74, 6) is 0. The van der Waals surface area contributed by atoms with E-state index in [0.29, 0.717) is 5.71 Å². The van der Waals surface area contributed by atoms with Crippen LogP contribution in [0.3, 0.4) is 0 Å². The molecule has 0 atom stereocenters. The molecule has 0 fully saturated rings. The number of nitrogens with two attached hydrogens (primary N) is 1. The first kappa shape index (κ1) is 27.9. The van der Waals surface area contributed by atoms with E-state index in [2.05, 4.69) is 120 Å². The topological polar surface area (TPSA) is 54.8 Å². The van der Waals surface area contributed by atoms with E-state index in [9.17, 15) is 0 Å². The van der Waals surface area contributed by atoms with Crippen LogP contribution in [0.5, 0.6) is 0 Å². The number of benzene rings is 6. The van der Waals surface area contributed by atoms with Crippen LogP contribution >= 0.6 is 0 Å². The molecule has 0 unspecified atom stereocenters. The summed E-state index contributed by atoms with van der Waals surface area (Å²) in [6.45, 7) is 5.73. The van der Waals surface area contributed by atoms with Gasteiger partial charge in [-0.05, 0) is 75.9 Å². The number of hydrogen-bond donors (Lipinski definition) is 2. The van der Waals surface area contributed by atoms with E-state index < -0.39 is 0 Å². The molecule has 3 heteroatoms. The van der Waals surface area contributed by atoms with Gasteiger partial charge >= 0.3 is 0 Å². The maximum atomic E-state index is 8.46. The lowest BCUT2D eigenvalue weighted by molar-refractivity contribution is 1.20. The van der Waals surface area contributed by atoms with Gasteiger partial charge in [0.05, 0.1) is 22.4 Å². The summed E-state index contributed by atoms with van der Waals surface area (Å²) in [5.41, 5.74) is 15.1. The molecule has 0 saturated heterocycles. The van der Waals surface area contributed by atoms with Gasteiger partial charge in [-0.25, -0.2) is 0 Å². The van der Waals surface area contributed by atoms with E-state index in [1.165, 1.54) is 32.4 Å². The highest BCUT2D eigenvalue weighted by atomic mass is 15.0. The molecule has 216 valence electrons. The minimum atomic E-state index is 0.459. The predicted octanol–water partition coefficient (Wildman–Crippen LogP) is 10.7. The number of hydrogen-bond acceptors (Lipinski definition) is 2. The SMILES string of the molecule is C=C/C=C\C(=N)c1cccc(-c2ccc3c(ccc4c5ccc(C(/C=C\C)=C/N)cc5n(-c5cccc6ccccc56)c34)c2)c1. The summed E-state index contributed by atoms with van der Waals surface area (Å²) < 4.78 is 2.43. The van der Waals surface area contributed by atoms with Crippen molar-refractivity contribution in [1.29, 1.82) is 5.41 Å². The fourth-order valence-corrected chi connectivity index (χ4v) is 6.40. The molecule has 1 heterocycles. The maximum Gasteiger partial charge on any atom is 0.0619 e. The Morgan fingerprint density at radius 3 is 2.31 bits per heavy atom. The van der Waals surface area contributed by atoms with Crippen molar-refractivity contribution in [3.05, 3.63) is 170 Å². The molecule has 0 aliphatic heterocycles. The molecular formula is C42H33N3. The minimum absolute atomic E-state index is 0.459. The van der Waals surface area contributed by atoms with Gasteiger partial charge in [0, 0.05) is 27.7 Å². The number of aromatic nitrogens is 1. The monoisotopic (exact) mass is 579 g/mol. The van der Waals surface area contributed by atoms with Crippen molar-refractivity contribution in [3.63, 3.8) is 0 Å². The van der Waals surface area contributed by atoms with Crippen LogP contribution in [0.25, 0.3) is 65.7 Å². The summed E-state index contributed by atoms with van der Waals surface area (Å²) in [4.78, 5) is 0. The van der Waals surface area contributed by atoms with Crippen molar-refractivity contribution in [3.8, 4) is 16.8 Å². The lowest BCUT2D eigenvalue weighted by Crippen LogP contribution is -1.97. The number of rotatable bonds is 7. The van der Waals surface area contributed by atoms with Crippen molar-refractivity contribution in [2.75, 3.05) is 0 Å². The quantitative estimate of drug-likeness (QED) is 0.143. The molecule has 6 aromatic carbocycles. The van der Waals surface area contributed by atoms with Gasteiger partial charge < -0.3 is 15.7 Å². The van der Waals surface area contributed by atoms with Gasteiger partial charge in [-0.2, -0.15) is 0 Å². The molecule has 7 rings (SSSR count). The molecule has 45 heavy (non-hydrogen) atoms. The van der Waals surface area contributed by atoms with Gasteiger partial charge in [0.25, 0.3) is 0 Å². The van der Waals surface area contributed by atoms with Gasteiger partial charge in [-0.1, -0.05) is 122 Å². The second-order valence-electron chi connectivity index (χ2n) is 11.2. The van der Waals surface area contributed by atoms with Crippen LogP contribution in [0, 0.1) is 5.41 Å². The van der Waals surface area contributed by atoms with Crippen LogP contribution in [0.1, 0.15) is 18.1 Å². The fourth-order valence-electron chi connectivity index (χ4n) is 6.40. The molecule has 0 spiro atoms. The van der Waals surface area contributed by atoms with Gasteiger partial charge in [-0.3, -0.25) is 0 Å². The zero-order chi connectivity index (χ0) is 30.9. The summed E-state index contributed by atoms with van der Waals surface area (Å²) >= 11 is 0. The number of nitrogens with zero attached hydrogens (tertiary/aromatic N) is 1. The van der Waals surface area contributed by atoms with E-state index in [1.54, 1.807) is 24.4 Å². The molecule has 0 radical (unpaired) electrons. The molecule has 7 aromatic rings. The van der Waals surface area contributed by atoms with Crippen LogP contribution in [0.2, 0.25) is 0 Å². The average Bonchev–Trinajstić information content (AvgIpc) is 3.42. The number of nitrogens with one attached hydrogen (secondary N) is 1. The third-order valence-corrected chi connectivity index (χ3v) is 8.52. The minimum Gasteiger partial charge on any atom is -0.404 e. The molecule has 0 amide bonds. The van der Waals surface area contributed by atoms with E-state index in [4.69, 9.17) is 11.1 Å². The highest BCUT2D eigenvalue weighted by molar-refractivity contribution is 6.20. The first-order chi connectivity index (χ1) is 22.1. The lowest BCUT2D eigenvalue weighted by Gasteiger charge is -2.14. The molecule has 0 aliphatic rings. The maximum absolute atomic E-state index is 8.46. The summed E-state index contributed by atoms with van der Waals surface area (Å²) in [5, 5.41) is 15.6. The number of allylic oxidation sites excluding steroid dienone is 6. The van der Waals surface area contributed by atoms with Crippen LogP contribution in [-0.2, 0) is 0 Å². The highest BCUT2D eigenvalue weighted by Crippen LogP contribution is 2.40. The molecule has 3 nitrogen and oxygen atoms in total. The Labute approximate surface area is 263 Å². The van der Waals surface area contributed by atoms with Crippen LogP contribution in [0.4, 0.5) is 0 Å². The van der Waals surface area contributed by atoms with Gasteiger partial charge in [0.15, 0.2) is 0 Å². The van der Waals surface area contributed by atoms with Crippen LogP contribution in [-0.4, -0.2) is 10.3 Å². The normalized spacial score (nSPS) is 12.3.